The molecule has 1 saturated carbocycles. The Labute approximate surface area is 246 Å². The van der Waals surface area contributed by atoms with Crippen LogP contribution in [0.3, 0.4) is 0 Å². The number of fused-ring (bicyclic) bond motifs is 3. The molecule has 41 heavy (non-hydrogen) atoms. The summed E-state index contributed by atoms with van der Waals surface area (Å²) in [5.74, 6) is -0.973. The number of likely N-dealkylation sites (N-methyl/N-ethyl adjacent to an activating group) is 1. The van der Waals surface area contributed by atoms with E-state index in [1.165, 1.54) is 4.90 Å². The molecule has 1 amide bonds. The number of hydrogen-bond acceptors (Lipinski definition) is 6. The van der Waals surface area contributed by atoms with Crippen LogP contribution in [0.2, 0.25) is 5.02 Å². The summed E-state index contributed by atoms with van der Waals surface area (Å²) in [5, 5.41) is 33.3. The van der Waals surface area contributed by atoms with Crippen LogP contribution in [-0.4, -0.2) is 64.9 Å². The molecule has 0 radical (unpaired) electrons. The SMILES string of the molecule is CN1C/C=C/C[C@H](O)[C@@H]2CC[C@H]2CN2CCCCc3cc(Cl)ccc3COc3ccc(cc32)[C@@](O)(C(=O)O)CC1=O. The summed E-state index contributed by atoms with van der Waals surface area (Å²) < 4.78 is 6.37. The van der Waals surface area contributed by atoms with Crippen molar-refractivity contribution >= 4 is 29.2 Å². The first-order chi connectivity index (χ1) is 19.7. The van der Waals surface area contributed by atoms with Crippen LogP contribution < -0.4 is 9.64 Å². The van der Waals surface area contributed by atoms with Gasteiger partial charge in [-0.15, -0.1) is 0 Å². The van der Waals surface area contributed by atoms with Gasteiger partial charge in [-0.1, -0.05) is 35.9 Å². The predicted octanol–water partition coefficient (Wildman–Crippen LogP) is 4.53. The molecule has 0 spiro atoms. The Morgan fingerprint density at radius 1 is 1.10 bits per heavy atom. The molecule has 0 saturated heterocycles. The normalized spacial score (nSPS) is 28.3. The number of amides is 1. The summed E-state index contributed by atoms with van der Waals surface area (Å²) in [6, 6.07) is 10.7. The highest BCUT2D eigenvalue weighted by molar-refractivity contribution is 6.30. The molecule has 4 atom stereocenters. The molecule has 2 aromatic carbocycles. The van der Waals surface area contributed by atoms with Crippen LogP contribution in [0.4, 0.5) is 5.69 Å². The zero-order valence-electron chi connectivity index (χ0n) is 23.5. The smallest absolute Gasteiger partial charge is 0.340 e. The molecule has 2 aromatic rings. The fraction of sp³-hybridized carbons (Fsp3) is 0.500. The van der Waals surface area contributed by atoms with Gasteiger partial charge in [0.1, 0.15) is 12.4 Å². The summed E-state index contributed by atoms with van der Waals surface area (Å²) in [6.07, 6.45) is 7.73. The third-order valence-corrected chi connectivity index (χ3v) is 9.22. The number of carbonyl (C=O) groups excluding carboxylic acids is 1. The van der Waals surface area contributed by atoms with E-state index in [4.69, 9.17) is 16.3 Å². The number of carbonyl (C=O) groups is 2. The lowest BCUT2D eigenvalue weighted by Crippen LogP contribution is -2.44. The number of aryl methyl sites for hydroxylation is 1. The average molecular weight is 583 g/mol. The zero-order valence-corrected chi connectivity index (χ0v) is 24.2. The molecule has 1 fully saturated rings. The minimum atomic E-state index is -2.41. The van der Waals surface area contributed by atoms with Gasteiger partial charge in [0.05, 0.1) is 18.2 Å². The highest BCUT2D eigenvalue weighted by atomic mass is 35.5. The second-order valence-electron chi connectivity index (χ2n) is 11.7. The molecule has 2 aliphatic heterocycles. The molecule has 3 N–H and O–H groups in total. The van der Waals surface area contributed by atoms with Crippen molar-refractivity contribution in [2.24, 2.45) is 11.8 Å². The van der Waals surface area contributed by atoms with Crippen molar-refractivity contribution in [3.05, 3.63) is 70.3 Å². The second kappa shape index (κ2) is 12.4. The Bertz CT molecular complexity index is 1320. The molecule has 1 aliphatic carbocycles. The second-order valence-corrected chi connectivity index (χ2v) is 12.1. The van der Waals surface area contributed by atoms with E-state index in [1.807, 2.05) is 30.4 Å². The minimum absolute atomic E-state index is 0.133. The van der Waals surface area contributed by atoms with E-state index in [2.05, 4.69) is 4.90 Å². The molecule has 0 unspecified atom stereocenters. The van der Waals surface area contributed by atoms with Crippen LogP contribution in [0.1, 0.15) is 55.2 Å². The summed E-state index contributed by atoms with van der Waals surface area (Å²) in [4.78, 5) is 29.1. The van der Waals surface area contributed by atoms with Gasteiger partial charge in [-0.2, -0.15) is 0 Å². The molecule has 8 nitrogen and oxygen atoms in total. The molecular formula is C32H39ClN2O6. The van der Waals surface area contributed by atoms with Gasteiger partial charge in [-0.3, -0.25) is 4.79 Å². The Kier molecular flexibility index (Phi) is 8.92. The Morgan fingerprint density at radius 2 is 1.93 bits per heavy atom. The lowest BCUT2D eigenvalue weighted by Gasteiger charge is -2.43. The zero-order chi connectivity index (χ0) is 29.1. The van der Waals surface area contributed by atoms with Crippen LogP contribution in [0.5, 0.6) is 5.75 Å². The number of halogens is 1. The molecular weight excluding hydrogens is 544 g/mol. The van der Waals surface area contributed by atoms with Crippen LogP contribution in [0, 0.1) is 11.8 Å². The Hall–Kier alpha value is -3.07. The molecule has 0 aromatic heterocycles. The van der Waals surface area contributed by atoms with E-state index in [0.29, 0.717) is 42.6 Å². The summed E-state index contributed by atoms with van der Waals surface area (Å²) in [5.41, 5.74) is 0.602. The molecule has 2 heterocycles. The number of rotatable bonds is 1. The van der Waals surface area contributed by atoms with E-state index in [9.17, 15) is 24.9 Å². The topological polar surface area (TPSA) is 111 Å². The minimum Gasteiger partial charge on any atom is -0.487 e. The number of carboxylic acids is 1. The van der Waals surface area contributed by atoms with Crippen LogP contribution in [0.15, 0.2) is 48.6 Å². The fourth-order valence-corrected chi connectivity index (χ4v) is 6.40. The van der Waals surface area contributed by atoms with Gasteiger partial charge in [0.25, 0.3) is 0 Å². The van der Waals surface area contributed by atoms with Crippen LogP contribution in [0.25, 0.3) is 0 Å². The van der Waals surface area contributed by atoms with E-state index in [0.717, 1.165) is 43.2 Å². The highest BCUT2D eigenvalue weighted by Crippen LogP contribution is 2.42. The first kappa shape index (κ1) is 29.4. The van der Waals surface area contributed by atoms with Crippen molar-refractivity contribution in [1.29, 1.82) is 0 Å². The van der Waals surface area contributed by atoms with Crippen LogP contribution >= 0.6 is 11.6 Å². The highest BCUT2D eigenvalue weighted by Gasteiger charge is 2.42. The van der Waals surface area contributed by atoms with Crippen molar-refractivity contribution in [3.63, 3.8) is 0 Å². The lowest BCUT2D eigenvalue weighted by atomic mass is 9.69. The van der Waals surface area contributed by atoms with Gasteiger partial charge in [-0.25, -0.2) is 4.79 Å². The van der Waals surface area contributed by atoms with Crippen molar-refractivity contribution in [1.82, 2.24) is 4.90 Å². The summed E-state index contributed by atoms with van der Waals surface area (Å²) in [7, 11) is 1.58. The van der Waals surface area contributed by atoms with Gasteiger partial charge >= 0.3 is 5.97 Å². The van der Waals surface area contributed by atoms with E-state index in [-0.39, 0.29) is 23.9 Å². The number of aliphatic carboxylic acids is 1. The Morgan fingerprint density at radius 3 is 2.68 bits per heavy atom. The first-order valence-corrected chi connectivity index (χ1v) is 14.9. The number of hydrogen-bond donors (Lipinski definition) is 3. The number of aliphatic hydroxyl groups is 2. The quantitative estimate of drug-likeness (QED) is 0.424. The van der Waals surface area contributed by atoms with Crippen molar-refractivity contribution in [2.75, 3.05) is 31.6 Å². The van der Waals surface area contributed by atoms with E-state index in [1.54, 1.807) is 25.2 Å². The summed E-state index contributed by atoms with van der Waals surface area (Å²) in [6.45, 7) is 1.95. The Balaban J connectivity index is 1.58. The number of nitrogens with zero attached hydrogens (tertiary/aromatic N) is 2. The molecule has 9 heteroatoms. The van der Waals surface area contributed by atoms with Gasteiger partial charge in [0, 0.05) is 31.7 Å². The number of carboxylic acid groups (broad SMARTS) is 1. The maximum absolute atomic E-state index is 13.0. The fourth-order valence-electron chi connectivity index (χ4n) is 6.21. The van der Waals surface area contributed by atoms with Crippen molar-refractivity contribution < 1.29 is 29.6 Å². The molecule has 3 aliphatic rings. The van der Waals surface area contributed by atoms with Crippen LogP contribution in [-0.2, 0) is 28.2 Å². The standard InChI is InChI=1S/C32H39ClN2O6/c1-34-14-4-3-7-28(36)26-12-9-22(26)19-35-15-5-2-6-21-16-25(33)11-8-23(21)20-41-29-13-10-24(17-27(29)35)32(40,31(38)39)18-30(34)37/h3-4,8,10-11,13,16-17,22,26,28,36,40H,2,5-7,9,12,14-15,18-20H2,1H3,(H,38,39)/b4-3+/t22-,26+,28-,32+/m0/s1. The molecule has 2 bridgehead atoms. The number of ether oxygens (including phenoxy) is 1. The third-order valence-electron chi connectivity index (χ3n) is 8.99. The first-order valence-electron chi connectivity index (χ1n) is 14.5. The van der Waals surface area contributed by atoms with Crippen molar-refractivity contribution in [3.8, 4) is 5.75 Å². The monoisotopic (exact) mass is 582 g/mol. The van der Waals surface area contributed by atoms with Gasteiger partial charge < -0.3 is 29.9 Å². The largest absolute Gasteiger partial charge is 0.487 e. The van der Waals surface area contributed by atoms with E-state index >= 15 is 0 Å². The number of aliphatic hydroxyl groups excluding tert-OH is 1. The maximum Gasteiger partial charge on any atom is 0.340 e. The maximum atomic E-state index is 13.0. The average Bonchev–Trinajstić information content (AvgIpc) is 2.95. The van der Waals surface area contributed by atoms with Gasteiger partial charge in [0.2, 0.25) is 5.91 Å². The molecule has 220 valence electrons. The third kappa shape index (κ3) is 6.40. The predicted molar refractivity (Wildman–Crippen MR) is 157 cm³/mol. The lowest BCUT2D eigenvalue weighted by molar-refractivity contribution is -0.164. The molecule has 5 rings (SSSR count). The number of benzene rings is 2. The van der Waals surface area contributed by atoms with Gasteiger partial charge in [0.15, 0.2) is 5.60 Å². The van der Waals surface area contributed by atoms with Gasteiger partial charge in [-0.05, 0) is 91.3 Å². The number of anilines is 1. The van der Waals surface area contributed by atoms with Crippen molar-refractivity contribution in [2.45, 2.75) is 63.3 Å². The van der Waals surface area contributed by atoms with E-state index < -0.39 is 30.0 Å². The summed E-state index contributed by atoms with van der Waals surface area (Å²) >= 11 is 6.29.